The number of carbonyl (C=O) groups excluding carboxylic acids is 3. The summed E-state index contributed by atoms with van der Waals surface area (Å²) >= 11 is 0. The monoisotopic (exact) mass is 306 g/mol. The fourth-order valence-corrected chi connectivity index (χ4v) is 2.70. The second kappa shape index (κ2) is 6.34. The molecule has 6 heteroatoms. The third kappa shape index (κ3) is 3.55. The molecule has 0 aliphatic heterocycles. The number of nitrogens with one attached hydrogen (secondary N) is 2. The van der Waals surface area contributed by atoms with Gasteiger partial charge >= 0.3 is 5.97 Å². The van der Waals surface area contributed by atoms with Gasteiger partial charge in [0.2, 0.25) is 0 Å². The minimum absolute atomic E-state index is 0.110. The zero-order valence-corrected chi connectivity index (χ0v) is 13.4. The average Bonchev–Trinajstić information content (AvgIpc) is 3.22. The second-order valence-corrected chi connectivity index (χ2v) is 5.95. The van der Waals surface area contributed by atoms with Crippen LogP contribution in [-0.4, -0.2) is 35.3 Å². The van der Waals surface area contributed by atoms with Gasteiger partial charge in [-0.25, -0.2) is 4.79 Å². The van der Waals surface area contributed by atoms with E-state index in [2.05, 4.69) is 10.3 Å². The normalized spacial score (nSPS) is 15.3. The van der Waals surface area contributed by atoms with Crippen LogP contribution in [0.15, 0.2) is 0 Å². The van der Waals surface area contributed by atoms with Crippen molar-refractivity contribution in [1.82, 2.24) is 10.3 Å². The van der Waals surface area contributed by atoms with Crippen LogP contribution in [0.1, 0.15) is 58.8 Å². The Balaban J connectivity index is 1.93. The number of carbonyl (C=O) groups is 3. The van der Waals surface area contributed by atoms with Gasteiger partial charge < -0.3 is 15.0 Å². The van der Waals surface area contributed by atoms with Gasteiger partial charge in [0.15, 0.2) is 12.4 Å². The minimum atomic E-state index is -0.623. The van der Waals surface area contributed by atoms with E-state index >= 15 is 0 Å². The quantitative estimate of drug-likeness (QED) is 0.620. The minimum Gasteiger partial charge on any atom is -0.451 e. The highest BCUT2D eigenvalue weighted by molar-refractivity contribution is 6.01. The lowest BCUT2D eigenvalue weighted by atomic mass is 10.1. The Hall–Kier alpha value is -2.11. The lowest BCUT2D eigenvalue weighted by Gasteiger charge is -2.12. The predicted octanol–water partition coefficient (Wildman–Crippen LogP) is 1.91. The molecule has 1 fully saturated rings. The van der Waals surface area contributed by atoms with Gasteiger partial charge in [0.05, 0.1) is 0 Å². The van der Waals surface area contributed by atoms with Gasteiger partial charge in [0.1, 0.15) is 5.69 Å². The molecule has 1 heterocycles. The zero-order chi connectivity index (χ0) is 16.4. The zero-order valence-electron chi connectivity index (χ0n) is 13.4. The Bertz CT molecular complexity index is 614. The highest BCUT2D eigenvalue weighted by Gasteiger charge is 2.29. The van der Waals surface area contributed by atoms with Gasteiger partial charge in [-0.2, -0.15) is 0 Å². The molecule has 1 aliphatic carbocycles. The lowest BCUT2D eigenvalue weighted by Crippen LogP contribution is -2.37. The molecule has 2 rings (SSSR count). The number of hydrogen-bond acceptors (Lipinski definition) is 4. The Morgan fingerprint density at radius 2 is 1.95 bits per heavy atom. The summed E-state index contributed by atoms with van der Waals surface area (Å²) in [4.78, 5) is 38.2. The number of aryl methyl sites for hydroxylation is 1. The maximum absolute atomic E-state index is 12.0. The van der Waals surface area contributed by atoms with Crippen LogP contribution in [0.25, 0.3) is 0 Å². The maximum atomic E-state index is 12.0. The number of H-pyrrole nitrogens is 1. The molecule has 1 aromatic heterocycles. The fraction of sp³-hybridized carbons (Fsp3) is 0.562. The van der Waals surface area contributed by atoms with Gasteiger partial charge in [-0.3, -0.25) is 9.59 Å². The van der Waals surface area contributed by atoms with E-state index in [1.165, 1.54) is 6.92 Å². The number of amides is 1. The summed E-state index contributed by atoms with van der Waals surface area (Å²) in [6, 6.07) is 0.116. The van der Waals surface area contributed by atoms with E-state index in [1.54, 1.807) is 13.8 Å². The number of hydrogen-bond donors (Lipinski definition) is 2. The van der Waals surface area contributed by atoms with Gasteiger partial charge in [0.25, 0.3) is 5.91 Å². The van der Waals surface area contributed by atoms with E-state index in [0.29, 0.717) is 22.7 Å². The van der Waals surface area contributed by atoms with E-state index in [4.69, 9.17) is 4.74 Å². The number of esters is 1. The molecule has 0 unspecified atom stereocenters. The van der Waals surface area contributed by atoms with Crippen LogP contribution < -0.4 is 5.32 Å². The summed E-state index contributed by atoms with van der Waals surface area (Å²) < 4.78 is 5.03. The lowest BCUT2D eigenvalue weighted by molar-refractivity contribution is -0.125. The number of aromatic amines is 1. The van der Waals surface area contributed by atoms with E-state index in [0.717, 1.165) is 12.8 Å². The van der Waals surface area contributed by atoms with Crippen molar-refractivity contribution in [1.29, 1.82) is 0 Å². The van der Waals surface area contributed by atoms with E-state index < -0.39 is 5.97 Å². The van der Waals surface area contributed by atoms with Gasteiger partial charge in [-0.1, -0.05) is 0 Å². The van der Waals surface area contributed by atoms with Crippen molar-refractivity contribution in [2.24, 2.45) is 5.92 Å². The average molecular weight is 306 g/mol. The summed E-state index contributed by atoms with van der Waals surface area (Å²) in [6.45, 7) is 6.50. The number of ether oxygens (including phenoxy) is 1. The molecule has 22 heavy (non-hydrogen) atoms. The summed E-state index contributed by atoms with van der Waals surface area (Å²) in [7, 11) is 0. The highest BCUT2D eigenvalue weighted by atomic mass is 16.5. The Labute approximate surface area is 129 Å². The standard InChI is InChI=1S/C16H22N2O4/c1-8-14(11(4)19)10(3)18-15(8)16(21)22-7-13(20)17-9(2)12-5-6-12/h9,12,18H,5-7H2,1-4H3,(H,17,20)/t9-/m1/s1. The molecule has 0 bridgehead atoms. The molecule has 0 aromatic carbocycles. The second-order valence-electron chi connectivity index (χ2n) is 5.95. The first-order chi connectivity index (χ1) is 10.3. The van der Waals surface area contributed by atoms with Crippen molar-refractivity contribution < 1.29 is 19.1 Å². The third-order valence-electron chi connectivity index (χ3n) is 4.05. The number of Topliss-reactive ketones (excluding diaryl/α,β-unsaturated/α-hetero) is 1. The molecule has 120 valence electrons. The molecule has 1 amide bonds. The predicted molar refractivity (Wildman–Crippen MR) is 80.9 cm³/mol. The summed E-state index contributed by atoms with van der Waals surface area (Å²) in [5.74, 6) is -0.491. The van der Waals surface area contributed by atoms with Crippen LogP contribution in [0, 0.1) is 19.8 Å². The van der Waals surface area contributed by atoms with E-state index in [9.17, 15) is 14.4 Å². The molecule has 2 N–H and O–H groups in total. The first-order valence-corrected chi connectivity index (χ1v) is 7.47. The first kappa shape index (κ1) is 16.3. The van der Waals surface area contributed by atoms with E-state index in [-0.39, 0.29) is 30.0 Å². The van der Waals surface area contributed by atoms with Crippen LogP contribution in [0.5, 0.6) is 0 Å². The van der Waals surface area contributed by atoms with Crippen molar-refractivity contribution in [3.05, 3.63) is 22.5 Å². The molecule has 1 aliphatic rings. The van der Waals surface area contributed by atoms with Crippen molar-refractivity contribution in [2.75, 3.05) is 6.61 Å². The summed E-state index contributed by atoms with van der Waals surface area (Å²) in [5.41, 5.74) is 1.91. The van der Waals surface area contributed by atoms with Crippen LogP contribution in [0.2, 0.25) is 0 Å². The molecule has 0 radical (unpaired) electrons. The van der Waals surface area contributed by atoms with Gasteiger partial charge in [-0.05, 0) is 52.0 Å². The molecular formula is C16H22N2O4. The van der Waals surface area contributed by atoms with Gasteiger partial charge in [-0.15, -0.1) is 0 Å². The first-order valence-electron chi connectivity index (χ1n) is 7.47. The van der Waals surface area contributed by atoms with Crippen LogP contribution in [-0.2, 0) is 9.53 Å². The third-order valence-corrected chi connectivity index (χ3v) is 4.05. The molecule has 1 aromatic rings. The number of aromatic nitrogens is 1. The van der Waals surface area contributed by atoms with Crippen molar-refractivity contribution >= 4 is 17.7 Å². The molecular weight excluding hydrogens is 284 g/mol. The van der Waals surface area contributed by atoms with Crippen molar-refractivity contribution in [3.63, 3.8) is 0 Å². The number of ketones is 1. The van der Waals surface area contributed by atoms with Gasteiger partial charge in [0, 0.05) is 17.3 Å². The Morgan fingerprint density at radius 1 is 1.32 bits per heavy atom. The Kier molecular flexibility index (Phi) is 4.68. The molecule has 1 saturated carbocycles. The highest BCUT2D eigenvalue weighted by Crippen LogP contribution is 2.32. The summed E-state index contributed by atoms with van der Waals surface area (Å²) in [5, 5.41) is 2.82. The van der Waals surface area contributed by atoms with Crippen molar-refractivity contribution in [2.45, 2.75) is 46.6 Å². The Morgan fingerprint density at radius 3 is 2.45 bits per heavy atom. The van der Waals surface area contributed by atoms with Crippen molar-refractivity contribution in [3.8, 4) is 0 Å². The SMILES string of the molecule is CC(=O)c1c(C)[nH]c(C(=O)OCC(=O)N[C@H](C)C2CC2)c1C. The largest absolute Gasteiger partial charge is 0.451 e. The van der Waals surface area contributed by atoms with E-state index in [1.807, 2.05) is 6.92 Å². The smallest absolute Gasteiger partial charge is 0.355 e. The molecule has 0 spiro atoms. The van der Waals surface area contributed by atoms with Crippen LogP contribution in [0.3, 0.4) is 0 Å². The van der Waals surface area contributed by atoms with Crippen LogP contribution in [0.4, 0.5) is 0 Å². The topological polar surface area (TPSA) is 88.3 Å². The van der Waals surface area contributed by atoms with Crippen LogP contribution >= 0.6 is 0 Å². The fourth-order valence-electron chi connectivity index (χ4n) is 2.70. The molecule has 0 saturated heterocycles. The molecule has 1 atom stereocenters. The maximum Gasteiger partial charge on any atom is 0.355 e. The number of rotatable bonds is 6. The molecule has 6 nitrogen and oxygen atoms in total. The summed E-state index contributed by atoms with van der Waals surface area (Å²) in [6.07, 6.45) is 2.27.